The SMILES string of the molecule is CO[C@H]1CCCN(c2ccc(NS(=O)(=O)Cc3ccc(F)cc3)cc2)C1. The largest absolute Gasteiger partial charge is 0.380 e. The van der Waals surface area contributed by atoms with Crippen molar-refractivity contribution in [2.24, 2.45) is 0 Å². The molecule has 7 heteroatoms. The number of ether oxygens (including phenoxy) is 1. The molecule has 0 radical (unpaired) electrons. The highest BCUT2D eigenvalue weighted by atomic mass is 32.2. The van der Waals surface area contributed by atoms with Gasteiger partial charge in [0.2, 0.25) is 10.0 Å². The van der Waals surface area contributed by atoms with Gasteiger partial charge in [0.1, 0.15) is 5.82 Å². The second-order valence-electron chi connectivity index (χ2n) is 6.48. The van der Waals surface area contributed by atoms with E-state index < -0.39 is 10.0 Å². The van der Waals surface area contributed by atoms with E-state index in [9.17, 15) is 12.8 Å². The Kier molecular flexibility index (Phi) is 5.78. The van der Waals surface area contributed by atoms with Crippen molar-refractivity contribution in [2.45, 2.75) is 24.7 Å². The lowest BCUT2D eigenvalue weighted by atomic mass is 10.1. The molecule has 1 heterocycles. The molecule has 5 nitrogen and oxygen atoms in total. The summed E-state index contributed by atoms with van der Waals surface area (Å²) in [5.41, 5.74) is 2.10. The lowest BCUT2D eigenvalue weighted by molar-refractivity contribution is 0.0893. The van der Waals surface area contributed by atoms with Crippen LogP contribution < -0.4 is 9.62 Å². The van der Waals surface area contributed by atoms with Crippen LogP contribution in [0, 0.1) is 5.82 Å². The minimum Gasteiger partial charge on any atom is -0.380 e. The summed E-state index contributed by atoms with van der Waals surface area (Å²) in [7, 11) is -1.83. The first-order valence-electron chi connectivity index (χ1n) is 8.58. The first kappa shape index (κ1) is 18.7. The van der Waals surface area contributed by atoms with Gasteiger partial charge in [-0.3, -0.25) is 4.72 Å². The smallest absolute Gasteiger partial charge is 0.236 e. The summed E-state index contributed by atoms with van der Waals surface area (Å²) < 4.78 is 45.5. The predicted molar refractivity (Wildman–Crippen MR) is 101 cm³/mol. The molecule has 0 aliphatic carbocycles. The molecule has 2 aromatic rings. The van der Waals surface area contributed by atoms with Gasteiger partial charge in [0.05, 0.1) is 11.9 Å². The van der Waals surface area contributed by atoms with Gasteiger partial charge >= 0.3 is 0 Å². The molecule has 1 aliphatic rings. The summed E-state index contributed by atoms with van der Waals surface area (Å²) in [5.74, 6) is -0.584. The Labute approximate surface area is 153 Å². The molecule has 0 amide bonds. The summed E-state index contributed by atoms with van der Waals surface area (Å²) in [4.78, 5) is 2.24. The Morgan fingerprint density at radius 2 is 1.85 bits per heavy atom. The topological polar surface area (TPSA) is 58.6 Å². The molecule has 140 valence electrons. The molecule has 0 saturated carbocycles. The lowest BCUT2D eigenvalue weighted by Gasteiger charge is -2.33. The molecule has 0 spiro atoms. The van der Waals surface area contributed by atoms with E-state index in [1.54, 1.807) is 19.2 Å². The molecule has 1 saturated heterocycles. The van der Waals surface area contributed by atoms with Crippen LogP contribution in [0.5, 0.6) is 0 Å². The number of hydrogen-bond acceptors (Lipinski definition) is 4. The summed E-state index contributed by atoms with van der Waals surface area (Å²) in [6, 6.07) is 12.8. The van der Waals surface area contributed by atoms with Gasteiger partial charge in [0.15, 0.2) is 0 Å². The number of methoxy groups -OCH3 is 1. The maximum Gasteiger partial charge on any atom is 0.236 e. The Hall–Kier alpha value is -2.12. The van der Waals surface area contributed by atoms with E-state index in [1.807, 2.05) is 12.1 Å². The van der Waals surface area contributed by atoms with Gasteiger partial charge in [0, 0.05) is 31.6 Å². The molecule has 2 aromatic carbocycles. The Morgan fingerprint density at radius 1 is 1.15 bits per heavy atom. The fourth-order valence-electron chi connectivity index (χ4n) is 3.12. The van der Waals surface area contributed by atoms with Gasteiger partial charge in [-0.2, -0.15) is 0 Å². The third kappa shape index (κ3) is 4.95. The van der Waals surface area contributed by atoms with Crippen molar-refractivity contribution in [3.8, 4) is 0 Å². The number of benzene rings is 2. The van der Waals surface area contributed by atoms with Gasteiger partial charge in [0.25, 0.3) is 0 Å². The number of piperidine rings is 1. The highest BCUT2D eigenvalue weighted by Gasteiger charge is 2.19. The molecule has 0 unspecified atom stereocenters. The second-order valence-corrected chi connectivity index (χ2v) is 8.20. The zero-order chi connectivity index (χ0) is 18.6. The number of hydrogen-bond donors (Lipinski definition) is 1. The van der Waals surface area contributed by atoms with Gasteiger partial charge in [-0.05, 0) is 54.8 Å². The Morgan fingerprint density at radius 3 is 2.50 bits per heavy atom. The van der Waals surface area contributed by atoms with Crippen LogP contribution in [0.2, 0.25) is 0 Å². The first-order chi connectivity index (χ1) is 12.4. The minimum atomic E-state index is -3.56. The minimum absolute atomic E-state index is 0.198. The molecule has 1 atom stereocenters. The van der Waals surface area contributed by atoms with E-state index >= 15 is 0 Å². The fraction of sp³-hybridized carbons (Fsp3) is 0.368. The third-order valence-electron chi connectivity index (χ3n) is 4.49. The fourth-order valence-corrected chi connectivity index (χ4v) is 4.32. The monoisotopic (exact) mass is 378 g/mol. The Bertz CT molecular complexity index is 823. The van der Waals surface area contributed by atoms with Gasteiger partial charge in [-0.1, -0.05) is 12.1 Å². The molecule has 1 fully saturated rings. The van der Waals surface area contributed by atoms with E-state index in [4.69, 9.17) is 4.74 Å². The third-order valence-corrected chi connectivity index (χ3v) is 5.75. The molecule has 1 N–H and O–H groups in total. The molecule has 1 aliphatic heterocycles. The number of sulfonamides is 1. The van der Waals surface area contributed by atoms with Crippen LogP contribution in [0.4, 0.5) is 15.8 Å². The summed E-state index contributed by atoms with van der Waals surface area (Å²) in [6.07, 6.45) is 2.37. The van der Waals surface area contributed by atoms with E-state index in [2.05, 4.69) is 9.62 Å². The molecule has 0 aromatic heterocycles. The van der Waals surface area contributed by atoms with E-state index in [1.165, 1.54) is 24.3 Å². The van der Waals surface area contributed by atoms with Crippen molar-refractivity contribution in [2.75, 3.05) is 29.8 Å². The standard InChI is InChI=1S/C19H23FN2O3S/c1-25-19-3-2-12-22(13-19)18-10-8-17(9-11-18)21-26(23,24)14-15-4-6-16(20)7-5-15/h4-11,19,21H,2-3,12-14H2,1H3/t19-/m0/s1. The number of nitrogens with zero attached hydrogens (tertiary/aromatic N) is 1. The highest BCUT2D eigenvalue weighted by molar-refractivity contribution is 7.91. The highest BCUT2D eigenvalue weighted by Crippen LogP contribution is 2.23. The zero-order valence-corrected chi connectivity index (χ0v) is 15.5. The number of halogens is 1. The number of rotatable bonds is 6. The van der Waals surface area contributed by atoms with Crippen LogP contribution in [0.15, 0.2) is 48.5 Å². The van der Waals surface area contributed by atoms with Gasteiger partial charge in [-0.25, -0.2) is 12.8 Å². The van der Waals surface area contributed by atoms with E-state index in [0.29, 0.717) is 11.3 Å². The molecule has 3 rings (SSSR count). The predicted octanol–water partition coefficient (Wildman–Crippen LogP) is 3.38. The summed E-state index contributed by atoms with van der Waals surface area (Å²) >= 11 is 0. The maximum absolute atomic E-state index is 12.9. The van der Waals surface area contributed by atoms with Gasteiger partial charge in [-0.15, -0.1) is 0 Å². The van der Waals surface area contributed by atoms with E-state index in [0.717, 1.165) is 31.6 Å². The van der Waals surface area contributed by atoms with Crippen LogP contribution in [0.3, 0.4) is 0 Å². The van der Waals surface area contributed by atoms with Crippen LogP contribution >= 0.6 is 0 Å². The molecular weight excluding hydrogens is 355 g/mol. The maximum atomic E-state index is 12.9. The second kappa shape index (κ2) is 8.05. The van der Waals surface area contributed by atoms with Crippen LogP contribution in [-0.4, -0.2) is 34.7 Å². The average Bonchev–Trinajstić information content (AvgIpc) is 2.64. The zero-order valence-electron chi connectivity index (χ0n) is 14.7. The van der Waals surface area contributed by atoms with Crippen molar-refractivity contribution in [3.63, 3.8) is 0 Å². The average molecular weight is 378 g/mol. The summed E-state index contributed by atoms with van der Waals surface area (Å²) in [5, 5.41) is 0. The van der Waals surface area contributed by atoms with Crippen molar-refractivity contribution in [3.05, 3.63) is 59.9 Å². The summed E-state index contributed by atoms with van der Waals surface area (Å²) in [6.45, 7) is 1.81. The molecule has 0 bridgehead atoms. The van der Waals surface area contributed by atoms with Crippen molar-refractivity contribution in [1.29, 1.82) is 0 Å². The molecular formula is C19H23FN2O3S. The van der Waals surface area contributed by atoms with E-state index in [-0.39, 0.29) is 17.7 Å². The van der Waals surface area contributed by atoms with Crippen LogP contribution in [-0.2, 0) is 20.5 Å². The normalized spacial score (nSPS) is 17.9. The van der Waals surface area contributed by atoms with Crippen molar-refractivity contribution in [1.82, 2.24) is 0 Å². The van der Waals surface area contributed by atoms with Gasteiger partial charge < -0.3 is 9.64 Å². The number of nitrogens with one attached hydrogen (secondary N) is 1. The van der Waals surface area contributed by atoms with Crippen LogP contribution in [0.1, 0.15) is 18.4 Å². The first-order valence-corrected chi connectivity index (χ1v) is 10.2. The van der Waals surface area contributed by atoms with Crippen molar-refractivity contribution < 1.29 is 17.5 Å². The van der Waals surface area contributed by atoms with Crippen LogP contribution in [0.25, 0.3) is 0 Å². The molecule has 26 heavy (non-hydrogen) atoms. The van der Waals surface area contributed by atoms with Crippen molar-refractivity contribution >= 4 is 21.4 Å². The number of anilines is 2. The quantitative estimate of drug-likeness (QED) is 0.837. The Balaban J connectivity index is 1.63. The lowest BCUT2D eigenvalue weighted by Crippen LogP contribution is -2.39.